The van der Waals surface area contributed by atoms with Gasteiger partial charge in [-0.15, -0.1) is 0 Å². The number of rotatable bonds is 12. The maximum absolute atomic E-state index is 2.44. The first-order chi connectivity index (χ1) is 14.4. The molecule has 3 aromatic carbocycles. The summed E-state index contributed by atoms with van der Waals surface area (Å²) in [6.45, 7) is 1.08. The van der Waals surface area contributed by atoms with E-state index in [1.54, 1.807) is 0 Å². The third-order valence-corrected chi connectivity index (χ3v) is 5.25. The van der Waals surface area contributed by atoms with Crippen molar-refractivity contribution in [1.82, 2.24) is 0 Å². The highest BCUT2D eigenvalue weighted by atomic mass is 15.1. The van der Waals surface area contributed by atoms with Crippen molar-refractivity contribution in [3.05, 3.63) is 103 Å². The summed E-state index contributed by atoms with van der Waals surface area (Å²) in [6.07, 6.45) is 13.6. The second-order valence-corrected chi connectivity index (χ2v) is 7.55. The zero-order valence-electron chi connectivity index (χ0n) is 17.4. The van der Waals surface area contributed by atoms with E-state index in [4.69, 9.17) is 0 Å². The van der Waals surface area contributed by atoms with Crippen LogP contribution in [-0.2, 0) is 0 Å². The first-order valence-corrected chi connectivity index (χ1v) is 11.0. The predicted octanol–water partition coefficient (Wildman–Crippen LogP) is 8.27. The van der Waals surface area contributed by atoms with Gasteiger partial charge in [-0.05, 0) is 49.1 Å². The molecule has 0 atom stereocenters. The highest BCUT2D eigenvalue weighted by Gasteiger charge is 2.07. The lowest BCUT2D eigenvalue weighted by Gasteiger charge is -2.25. The summed E-state index contributed by atoms with van der Waals surface area (Å²) >= 11 is 0. The van der Waals surface area contributed by atoms with Crippen molar-refractivity contribution in [2.75, 3.05) is 11.4 Å². The van der Waals surface area contributed by atoms with Crippen molar-refractivity contribution in [2.45, 2.75) is 44.9 Å². The van der Waals surface area contributed by atoms with E-state index in [0.717, 1.165) is 6.54 Å². The molecule has 150 valence electrons. The van der Waals surface area contributed by atoms with Gasteiger partial charge in [0.2, 0.25) is 0 Å². The van der Waals surface area contributed by atoms with Crippen LogP contribution in [0.25, 0.3) is 6.08 Å². The molecule has 0 heterocycles. The van der Waals surface area contributed by atoms with E-state index >= 15 is 0 Å². The maximum atomic E-state index is 2.44. The van der Waals surface area contributed by atoms with Gasteiger partial charge in [-0.2, -0.15) is 0 Å². The molecular formula is C28H33N. The molecule has 0 aromatic heterocycles. The van der Waals surface area contributed by atoms with Crippen molar-refractivity contribution < 1.29 is 0 Å². The number of anilines is 2. The number of nitrogens with zero attached hydrogens (tertiary/aromatic N) is 1. The standard InChI is InChI=1S/C28H33N/c1(3-5-10-18-26-19-11-7-12-20-26)2-4-6-17-25-29(27-21-13-8-14-22-27)28-23-15-9-16-24-28/h7-16,18-24H,1-6,17,25H2. The number of benzene rings is 3. The fourth-order valence-corrected chi connectivity index (χ4v) is 3.65. The molecule has 0 aliphatic heterocycles. The van der Waals surface area contributed by atoms with Crippen LogP contribution in [0.2, 0.25) is 0 Å². The van der Waals surface area contributed by atoms with E-state index in [0.29, 0.717) is 0 Å². The number of hydrogen-bond donors (Lipinski definition) is 0. The highest BCUT2D eigenvalue weighted by Crippen LogP contribution is 2.25. The average Bonchev–Trinajstić information content (AvgIpc) is 2.79. The Balaban J connectivity index is 1.32. The molecule has 1 nitrogen and oxygen atoms in total. The lowest BCUT2D eigenvalue weighted by atomic mass is 10.1. The zero-order valence-corrected chi connectivity index (χ0v) is 17.4. The van der Waals surface area contributed by atoms with E-state index in [1.165, 1.54) is 61.9 Å². The van der Waals surface area contributed by atoms with Gasteiger partial charge in [0.25, 0.3) is 0 Å². The Kier molecular flexibility index (Phi) is 9.10. The Bertz CT molecular complexity index is 769. The maximum Gasteiger partial charge on any atom is 0.0410 e. The summed E-state index contributed by atoms with van der Waals surface area (Å²) in [4.78, 5) is 2.44. The number of hydrogen-bond acceptors (Lipinski definition) is 1. The van der Waals surface area contributed by atoms with Gasteiger partial charge in [-0.3, -0.25) is 0 Å². The molecule has 0 amide bonds. The summed E-state index contributed by atoms with van der Waals surface area (Å²) in [5.41, 5.74) is 3.86. The topological polar surface area (TPSA) is 3.24 Å². The number of para-hydroxylation sites is 2. The normalized spacial score (nSPS) is 11.0. The minimum Gasteiger partial charge on any atom is -0.341 e. The lowest BCUT2D eigenvalue weighted by Crippen LogP contribution is -2.18. The summed E-state index contributed by atoms with van der Waals surface area (Å²) in [7, 11) is 0. The van der Waals surface area contributed by atoms with Crippen LogP contribution in [0.15, 0.2) is 97.1 Å². The Morgan fingerprint density at radius 3 is 1.59 bits per heavy atom. The molecule has 1 heteroatoms. The van der Waals surface area contributed by atoms with Gasteiger partial charge in [0.05, 0.1) is 0 Å². The highest BCUT2D eigenvalue weighted by molar-refractivity contribution is 5.62. The van der Waals surface area contributed by atoms with Crippen LogP contribution < -0.4 is 4.90 Å². The summed E-state index contributed by atoms with van der Waals surface area (Å²) in [5.74, 6) is 0. The Hall–Kier alpha value is -2.80. The molecule has 3 rings (SSSR count). The van der Waals surface area contributed by atoms with E-state index in [-0.39, 0.29) is 0 Å². The monoisotopic (exact) mass is 383 g/mol. The van der Waals surface area contributed by atoms with Crippen LogP contribution in [0.1, 0.15) is 50.5 Å². The van der Waals surface area contributed by atoms with Crippen molar-refractivity contribution >= 4 is 17.5 Å². The second-order valence-electron chi connectivity index (χ2n) is 7.55. The molecule has 0 unspecified atom stereocenters. The van der Waals surface area contributed by atoms with Crippen molar-refractivity contribution in [3.8, 4) is 0 Å². The fourth-order valence-electron chi connectivity index (χ4n) is 3.65. The molecule has 0 saturated heterocycles. The molecule has 0 fully saturated rings. The third kappa shape index (κ3) is 7.62. The summed E-state index contributed by atoms with van der Waals surface area (Å²) in [5, 5.41) is 0. The molecule has 0 spiro atoms. The van der Waals surface area contributed by atoms with Crippen LogP contribution >= 0.6 is 0 Å². The van der Waals surface area contributed by atoms with Gasteiger partial charge >= 0.3 is 0 Å². The minimum absolute atomic E-state index is 1.08. The molecule has 0 saturated carbocycles. The van der Waals surface area contributed by atoms with Crippen LogP contribution in [-0.4, -0.2) is 6.54 Å². The Morgan fingerprint density at radius 2 is 1.00 bits per heavy atom. The molecular weight excluding hydrogens is 350 g/mol. The first-order valence-electron chi connectivity index (χ1n) is 11.0. The first kappa shape index (κ1) is 20.9. The van der Waals surface area contributed by atoms with Crippen molar-refractivity contribution in [1.29, 1.82) is 0 Å². The van der Waals surface area contributed by atoms with Crippen LogP contribution in [0, 0.1) is 0 Å². The van der Waals surface area contributed by atoms with Gasteiger partial charge in [0.1, 0.15) is 0 Å². The van der Waals surface area contributed by atoms with Crippen molar-refractivity contribution in [2.24, 2.45) is 0 Å². The predicted molar refractivity (Wildman–Crippen MR) is 128 cm³/mol. The van der Waals surface area contributed by atoms with E-state index in [1.807, 2.05) is 0 Å². The zero-order chi connectivity index (χ0) is 20.0. The van der Waals surface area contributed by atoms with E-state index in [9.17, 15) is 0 Å². The van der Waals surface area contributed by atoms with E-state index in [2.05, 4.69) is 108 Å². The smallest absolute Gasteiger partial charge is 0.0410 e. The SMILES string of the molecule is C(=Cc1ccccc1)CCCCCCCCN(c1ccccc1)c1ccccc1. The Morgan fingerprint density at radius 1 is 0.517 bits per heavy atom. The van der Waals surface area contributed by atoms with Gasteiger partial charge in [0, 0.05) is 17.9 Å². The summed E-state index contributed by atoms with van der Waals surface area (Å²) < 4.78 is 0. The summed E-state index contributed by atoms with van der Waals surface area (Å²) in [6, 6.07) is 32.0. The lowest BCUT2D eigenvalue weighted by molar-refractivity contribution is 0.599. The van der Waals surface area contributed by atoms with Gasteiger partial charge in [-0.1, -0.05) is 105 Å². The largest absolute Gasteiger partial charge is 0.341 e. The quantitative estimate of drug-likeness (QED) is 0.284. The van der Waals surface area contributed by atoms with Gasteiger partial charge < -0.3 is 4.90 Å². The number of unbranched alkanes of at least 4 members (excludes halogenated alkanes) is 6. The molecule has 0 aliphatic carbocycles. The van der Waals surface area contributed by atoms with Crippen LogP contribution in [0.5, 0.6) is 0 Å². The van der Waals surface area contributed by atoms with Crippen LogP contribution in [0.4, 0.5) is 11.4 Å². The molecule has 0 N–H and O–H groups in total. The second kappa shape index (κ2) is 12.6. The average molecular weight is 384 g/mol. The molecule has 0 bridgehead atoms. The van der Waals surface area contributed by atoms with Gasteiger partial charge in [-0.25, -0.2) is 0 Å². The third-order valence-electron chi connectivity index (χ3n) is 5.25. The molecule has 3 aromatic rings. The Labute approximate surface area is 176 Å². The van der Waals surface area contributed by atoms with Crippen molar-refractivity contribution in [3.63, 3.8) is 0 Å². The number of allylic oxidation sites excluding steroid dienone is 1. The minimum atomic E-state index is 1.08. The molecule has 29 heavy (non-hydrogen) atoms. The fraction of sp³-hybridized carbons (Fsp3) is 0.286. The van der Waals surface area contributed by atoms with E-state index < -0.39 is 0 Å². The molecule has 0 aliphatic rings. The van der Waals surface area contributed by atoms with Crippen LogP contribution in [0.3, 0.4) is 0 Å². The molecule has 0 radical (unpaired) electrons. The van der Waals surface area contributed by atoms with Gasteiger partial charge in [0.15, 0.2) is 0 Å².